The third kappa shape index (κ3) is 21.2. The number of carbonyl (C=O) groups is 8. The number of carboxylic acid groups (broad SMARTS) is 2. The first-order valence-electron chi connectivity index (χ1n) is 39.3. The minimum absolute atomic E-state index is 0. The Balaban J connectivity index is 0.000000148. The molecule has 0 aliphatic carbocycles. The first-order valence-corrected chi connectivity index (χ1v) is 42.9. The fraction of sp³-hybridized carbons (Fsp3) is 0.170. The van der Waals surface area contributed by atoms with Gasteiger partial charge in [-0.3, -0.25) is 48.7 Å². The van der Waals surface area contributed by atoms with E-state index < -0.39 is 11.9 Å². The van der Waals surface area contributed by atoms with E-state index in [1.807, 2.05) is 144 Å². The molecule has 34 heteroatoms. The summed E-state index contributed by atoms with van der Waals surface area (Å²) in [4.78, 5) is 139. The Bertz CT molecular complexity index is 6640. The fourth-order valence-corrected chi connectivity index (χ4v) is 17.4. The van der Waals surface area contributed by atoms with Crippen molar-refractivity contribution in [1.82, 2.24) is 59.6 Å². The molecule has 19 rings (SSSR count). The average Bonchev–Trinajstić information content (AvgIpc) is 1.62. The van der Waals surface area contributed by atoms with Crippen LogP contribution in [0.3, 0.4) is 0 Å². The van der Waals surface area contributed by atoms with Gasteiger partial charge < -0.3 is 66.7 Å². The Labute approximate surface area is 764 Å². The number of hydrogen-bond donors (Lipinski definition) is 10. The Morgan fingerprint density at radius 1 is 0.508 bits per heavy atom. The predicted octanol–water partition coefficient (Wildman–Crippen LogP) is 17.8. The molecular weight excluding hydrogens is 1740 g/mol. The van der Waals surface area contributed by atoms with E-state index in [0.717, 1.165) is 140 Å². The number of carbonyl (C=O) groups excluding carboxylic acids is 6. The second-order valence-corrected chi connectivity index (χ2v) is 32.8. The van der Waals surface area contributed by atoms with Gasteiger partial charge in [-0.05, 0) is 186 Å². The number of thiazole rings is 3. The standard InChI is InChI=1S/C29H28N6O2S.C24H18N4O3S.C16H11N3OS.C10H8ClNO2.C8H11NO3.C6H6N2S.CH4.ClH/c1-17-24(31-18(2)26(17)29(37)35-11-9-34(3)10-12-35)14-22-21-13-19(6-7-23(21)32-27(22)36)25-16-38-28(33-25)20-5-4-8-30-15-20;1-12-19(26-13(2)21(12)24(30)31)9-17-16-8-14(5-6-18(16)27-22(17)29)20-11-32-23(28-20)15-4-3-7-25-10-15;20-15-7-12-6-10(3-4-13(12)18-15)14-9-21-16(19-14)11-2-1-5-17-8-11;11-5-9(13)6-1-2-8-7(3-6)4-10(14)12-8;1-4-6(8(10)11)5(2)9-7(4)12-3;7-6(9)5-2-1-3-8-4-5;;/h4-8,13-16,31H,9-12H2,1-3H3,(H,32,36);3-11,26H,1-2H3,(H,27,29)(H,30,31);1-6,8-9H,7H2,(H,18,20);1-3H,4-5H2,(H,12,14);9H,1-3H3,(H,10,11);1-4H,(H2,7,9);1H4;1H/b22-14-;17-9-;;;;;;. The number of H-pyrrole nitrogens is 3. The number of benzene rings is 4. The minimum Gasteiger partial charge on any atom is -0.482 e. The number of alkyl halides is 1. The van der Waals surface area contributed by atoms with Crippen molar-refractivity contribution in [3.8, 4) is 71.4 Å². The number of fused-ring (bicyclic) bond motifs is 4. The summed E-state index contributed by atoms with van der Waals surface area (Å²) in [6, 6.07) is 38.0. The van der Waals surface area contributed by atoms with Crippen molar-refractivity contribution in [3.63, 3.8) is 0 Å². The molecule has 1 fully saturated rings. The second kappa shape index (κ2) is 41.3. The number of nitrogens with two attached hydrogens (primary N) is 1. The molecular formula is C94H87Cl2N17O11S4. The van der Waals surface area contributed by atoms with Gasteiger partial charge in [0.15, 0.2) is 11.7 Å². The largest absolute Gasteiger partial charge is 0.482 e. The van der Waals surface area contributed by atoms with E-state index >= 15 is 0 Å². The van der Waals surface area contributed by atoms with Crippen molar-refractivity contribution >= 4 is 169 Å². The van der Waals surface area contributed by atoms with Gasteiger partial charge in [-0.15, -0.1) is 58.0 Å². The monoisotopic (exact) mass is 1830 g/mol. The number of halogens is 2. The summed E-state index contributed by atoms with van der Waals surface area (Å²) in [5.41, 5.74) is 29.5. The summed E-state index contributed by atoms with van der Waals surface area (Å²) in [6.45, 7) is 13.9. The molecule has 5 aliphatic rings. The van der Waals surface area contributed by atoms with E-state index in [9.17, 15) is 43.5 Å². The maximum absolute atomic E-state index is 13.3. The van der Waals surface area contributed by atoms with Crippen molar-refractivity contribution in [3.05, 3.63) is 282 Å². The molecule has 5 amide bonds. The highest BCUT2D eigenvalue weighted by Gasteiger charge is 2.31. The smallest absolute Gasteiger partial charge is 0.337 e. The lowest BCUT2D eigenvalue weighted by atomic mass is 10.0. The molecule has 11 N–H and O–H groups in total. The number of piperazine rings is 1. The summed E-state index contributed by atoms with van der Waals surface area (Å²) in [7, 11) is 3.58. The van der Waals surface area contributed by atoms with E-state index in [0.29, 0.717) is 98.5 Å². The predicted molar refractivity (Wildman–Crippen MR) is 510 cm³/mol. The molecule has 1 saturated heterocycles. The topological polar surface area (TPSA) is 404 Å². The number of nitrogens with one attached hydrogen (secondary N) is 7. The highest BCUT2D eigenvalue weighted by Crippen LogP contribution is 2.42. The van der Waals surface area contributed by atoms with E-state index in [1.165, 1.54) is 18.4 Å². The maximum atomic E-state index is 13.3. The zero-order valence-electron chi connectivity index (χ0n) is 69.6. The van der Waals surface area contributed by atoms with Crippen molar-refractivity contribution in [2.24, 2.45) is 5.73 Å². The third-order valence-electron chi connectivity index (χ3n) is 21.1. The van der Waals surface area contributed by atoms with Gasteiger partial charge in [0.1, 0.15) is 20.0 Å². The number of likely N-dealkylation sites (N-methyl/N-ethyl adjacent to an activating group) is 1. The molecule has 0 atom stereocenters. The fourth-order valence-electron chi connectivity index (χ4n) is 14.6. The molecule has 0 bridgehead atoms. The van der Waals surface area contributed by atoms with Crippen molar-refractivity contribution in [2.75, 3.05) is 67.5 Å². The summed E-state index contributed by atoms with van der Waals surface area (Å²) in [5, 5.41) is 38.4. The van der Waals surface area contributed by atoms with Gasteiger partial charge in [0, 0.05) is 204 Å². The normalized spacial score (nSPS) is 13.6. The van der Waals surface area contributed by atoms with Crippen LogP contribution in [0.4, 0.5) is 22.7 Å². The van der Waals surface area contributed by atoms with E-state index in [-0.39, 0.29) is 66.6 Å². The number of rotatable bonds is 15. The molecule has 15 heterocycles. The number of aromatic carboxylic acids is 2. The number of aromatic amines is 3. The number of carboxylic acids is 2. The van der Waals surface area contributed by atoms with Crippen molar-refractivity contribution in [2.45, 2.75) is 61.8 Å². The van der Waals surface area contributed by atoms with Gasteiger partial charge in [0.05, 0.1) is 70.7 Å². The van der Waals surface area contributed by atoms with Crippen LogP contribution in [-0.4, -0.2) is 168 Å². The van der Waals surface area contributed by atoms with Crippen LogP contribution in [-0.2, 0) is 32.0 Å². The number of hydrogen-bond acceptors (Lipinski definition) is 21. The molecule has 4 aromatic carbocycles. The average molecular weight is 1830 g/mol. The number of amides is 5. The second-order valence-electron chi connectivity index (χ2n) is 29.6. The zero-order chi connectivity index (χ0) is 89.1. The number of thiocarbonyl (C=S) groups is 1. The molecule has 0 spiro atoms. The van der Waals surface area contributed by atoms with Crippen LogP contribution in [0.1, 0.15) is 122 Å². The van der Waals surface area contributed by atoms with Crippen LogP contribution in [0.15, 0.2) is 187 Å². The van der Waals surface area contributed by atoms with Crippen molar-refractivity contribution < 1.29 is 53.3 Å². The first-order chi connectivity index (χ1) is 60.7. The summed E-state index contributed by atoms with van der Waals surface area (Å²) in [5.74, 6) is -1.87. The number of Topliss-reactive ketones (excluding diaryl/α,β-unsaturated/α-hetero) is 1. The SMILES string of the molecule is C.COc1[nH]c(C)c(C(=O)O)c1C.Cc1[nH]c(/C=C2\C(=O)Nc3ccc(-c4csc(-c5cccnc5)n4)cc32)c(C)c1C(=O)N1CCN(C)CC1.Cc1[nH]c(/C=C2\C(=O)Nc3ccc(-c4csc(-c5cccnc5)n4)cc32)c(C)c1C(=O)O.Cl.NC(=S)c1cccnc1.O=C1Cc2cc(-c3csc(-c4cccnc4)n3)ccc2N1.O=C1Cc2cc(C(=O)CCl)ccc2N1. The van der Waals surface area contributed by atoms with Crippen LogP contribution in [0.25, 0.3) is 88.8 Å². The summed E-state index contributed by atoms with van der Waals surface area (Å²) >= 11 is 14.8. The Morgan fingerprint density at radius 2 is 0.914 bits per heavy atom. The maximum Gasteiger partial charge on any atom is 0.337 e. The molecule has 14 aromatic rings. The van der Waals surface area contributed by atoms with Crippen molar-refractivity contribution in [1.29, 1.82) is 0 Å². The van der Waals surface area contributed by atoms with Crippen LogP contribution >= 0.6 is 70.2 Å². The summed E-state index contributed by atoms with van der Waals surface area (Å²) < 4.78 is 4.94. The van der Waals surface area contributed by atoms with Crippen LogP contribution in [0, 0.1) is 41.5 Å². The number of ether oxygens (including phenoxy) is 1. The molecule has 28 nitrogen and oxygen atoms in total. The van der Waals surface area contributed by atoms with E-state index in [4.69, 9.17) is 49.4 Å². The Morgan fingerprint density at radius 3 is 1.30 bits per heavy atom. The van der Waals surface area contributed by atoms with Gasteiger partial charge in [-0.2, -0.15) is 0 Å². The van der Waals surface area contributed by atoms with Gasteiger partial charge >= 0.3 is 11.9 Å². The molecule has 0 saturated carbocycles. The zero-order valence-corrected chi connectivity index (χ0v) is 74.4. The van der Waals surface area contributed by atoms with Crippen LogP contribution < -0.4 is 31.7 Å². The minimum atomic E-state index is -0.993. The molecule has 10 aromatic heterocycles. The van der Waals surface area contributed by atoms with E-state index in [2.05, 4.69) is 73.1 Å². The number of methoxy groups -OCH3 is 1. The van der Waals surface area contributed by atoms with Crippen LogP contribution in [0.2, 0.25) is 0 Å². The highest BCUT2D eigenvalue weighted by molar-refractivity contribution is 7.80. The van der Waals surface area contributed by atoms with Gasteiger partial charge in [0.2, 0.25) is 11.8 Å². The lowest BCUT2D eigenvalue weighted by Gasteiger charge is -2.32. The molecule has 0 radical (unpaired) electrons. The van der Waals surface area contributed by atoms with Crippen LogP contribution in [0.5, 0.6) is 5.88 Å². The van der Waals surface area contributed by atoms with Gasteiger partial charge in [-0.1, -0.05) is 37.8 Å². The number of anilines is 4. The number of aromatic nitrogens is 10. The van der Waals surface area contributed by atoms with Gasteiger partial charge in [0.25, 0.3) is 17.7 Å². The lowest BCUT2D eigenvalue weighted by molar-refractivity contribution is -0.115. The number of ketones is 1. The first kappa shape index (κ1) is 93.0. The summed E-state index contributed by atoms with van der Waals surface area (Å²) in [6.07, 6.45) is 18.3. The molecule has 5 aliphatic heterocycles. The molecule has 0 unspecified atom stereocenters. The number of aryl methyl sites for hydroxylation is 3. The highest BCUT2D eigenvalue weighted by atomic mass is 35.5. The van der Waals surface area contributed by atoms with E-state index in [1.54, 1.807) is 124 Å². The molecule has 652 valence electrons. The lowest BCUT2D eigenvalue weighted by Crippen LogP contribution is -2.47. The Kier molecular flexibility index (Phi) is 30.0. The quantitative estimate of drug-likeness (QED) is 0.0197. The third-order valence-corrected chi connectivity index (χ3v) is 24.3. The Hall–Kier alpha value is -14.1. The number of pyridine rings is 4. The van der Waals surface area contributed by atoms with Gasteiger partial charge in [-0.25, -0.2) is 24.5 Å². The molecule has 128 heavy (non-hydrogen) atoms. The number of nitrogens with zero attached hydrogens (tertiary/aromatic N) is 9.